The van der Waals surface area contributed by atoms with E-state index in [1.807, 2.05) is 0 Å². The first-order valence-corrected chi connectivity index (χ1v) is 8.94. The Morgan fingerprint density at radius 2 is 2.04 bits per heavy atom. The minimum atomic E-state index is -4.78. The summed E-state index contributed by atoms with van der Waals surface area (Å²) >= 11 is 0. The van der Waals surface area contributed by atoms with E-state index in [9.17, 15) is 18.3 Å². The maximum absolute atomic E-state index is 12.4. The van der Waals surface area contributed by atoms with E-state index in [1.165, 1.54) is 29.5 Å². The van der Waals surface area contributed by atoms with Gasteiger partial charge in [-0.3, -0.25) is 0 Å². The van der Waals surface area contributed by atoms with Gasteiger partial charge in [-0.2, -0.15) is 5.10 Å². The normalized spacial score (nSPS) is 21.1. The molecule has 0 aliphatic carbocycles. The van der Waals surface area contributed by atoms with Crippen molar-refractivity contribution < 1.29 is 32.5 Å². The monoisotopic (exact) mass is 401 g/mol. The molecule has 1 N–H and O–H groups in total. The number of ether oxygens (including phenoxy) is 3. The number of aromatic nitrogens is 3. The van der Waals surface area contributed by atoms with Crippen molar-refractivity contribution in [1.29, 1.82) is 0 Å². The van der Waals surface area contributed by atoms with Gasteiger partial charge in [-0.1, -0.05) is 12.1 Å². The van der Waals surface area contributed by atoms with Crippen LogP contribution in [-0.4, -0.2) is 45.2 Å². The molecule has 10 heteroatoms. The van der Waals surface area contributed by atoms with Crippen LogP contribution in [0, 0.1) is 0 Å². The van der Waals surface area contributed by atoms with Crippen LogP contribution in [0.5, 0.6) is 5.75 Å². The average molecular weight is 401 g/mol. The van der Waals surface area contributed by atoms with Gasteiger partial charge in [0.2, 0.25) is 0 Å². The molecule has 28 heavy (non-hydrogen) atoms. The number of aliphatic hydroxyl groups is 1. The molecule has 7 nitrogen and oxygen atoms in total. The summed E-state index contributed by atoms with van der Waals surface area (Å²) in [6, 6.07) is 5.05. The summed E-state index contributed by atoms with van der Waals surface area (Å²) in [5.41, 5.74) is -1.22. The lowest BCUT2D eigenvalue weighted by Crippen LogP contribution is -2.45. The van der Waals surface area contributed by atoms with Crippen molar-refractivity contribution in [2.45, 2.75) is 57.1 Å². The summed E-state index contributed by atoms with van der Waals surface area (Å²) in [4.78, 5) is 3.86. The summed E-state index contributed by atoms with van der Waals surface area (Å²) in [5, 5.41) is 15.5. The van der Waals surface area contributed by atoms with Gasteiger partial charge in [0.25, 0.3) is 0 Å². The standard InChI is InChI=1S/C18H22F3N3O4/c1-13(27-16-4-2-3-9-26-16)17(25,10-24-12-22-11-23-24)14-5-7-15(8-6-14)28-18(19,20)21/h5-8,11-13,16,25H,2-4,9-10H2,1H3/t13-,16?,17-/m1/s1. The zero-order chi connectivity index (χ0) is 20.2. The van der Waals surface area contributed by atoms with Crippen molar-refractivity contribution >= 4 is 0 Å². The molecule has 0 amide bonds. The predicted octanol–water partition coefficient (Wildman–Crippen LogP) is 3.00. The van der Waals surface area contributed by atoms with Crippen LogP contribution in [0.4, 0.5) is 13.2 Å². The third-order valence-electron chi connectivity index (χ3n) is 4.62. The fourth-order valence-electron chi connectivity index (χ4n) is 3.12. The summed E-state index contributed by atoms with van der Waals surface area (Å²) in [6.07, 6.45) is -0.560. The second kappa shape index (κ2) is 8.46. The minimum absolute atomic E-state index is 0.000358. The van der Waals surface area contributed by atoms with E-state index in [0.29, 0.717) is 18.6 Å². The lowest BCUT2D eigenvalue weighted by molar-refractivity contribution is -0.274. The van der Waals surface area contributed by atoms with Gasteiger partial charge in [-0.05, 0) is 43.9 Å². The van der Waals surface area contributed by atoms with E-state index < -0.39 is 24.4 Å². The van der Waals surface area contributed by atoms with Crippen molar-refractivity contribution in [2.24, 2.45) is 0 Å². The predicted molar refractivity (Wildman–Crippen MR) is 91.2 cm³/mol. The van der Waals surface area contributed by atoms with Crippen LogP contribution in [0.2, 0.25) is 0 Å². The van der Waals surface area contributed by atoms with Crippen LogP contribution in [0.1, 0.15) is 31.7 Å². The molecule has 0 saturated carbocycles. The Kier molecular flexibility index (Phi) is 6.21. The van der Waals surface area contributed by atoms with Crippen LogP contribution in [0.3, 0.4) is 0 Å². The van der Waals surface area contributed by atoms with E-state index in [-0.39, 0.29) is 12.3 Å². The van der Waals surface area contributed by atoms with E-state index in [4.69, 9.17) is 9.47 Å². The van der Waals surface area contributed by atoms with Crippen molar-refractivity contribution in [3.63, 3.8) is 0 Å². The third-order valence-corrected chi connectivity index (χ3v) is 4.62. The highest BCUT2D eigenvalue weighted by Gasteiger charge is 2.40. The van der Waals surface area contributed by atoms with E-state index in [0.717, 1.165) is 25.0 Å². The maximum atomic E-state index is 12.4. The lowest BCUT2D eigenvalue weighted by atomic mass is 9.88. The van der Waals surface area contributed by atoms with Gasteiger partial charge < -0.3 is 19.3 Å². The minimum Gasteiger partial charge on any atom is -0.406 e. The summed E-state index contributed by atoms with van der Waals surface area (Å²) in [6.45, 7) is 2.28. The molecule has 1 aromatic carbocycles. The molecule has 0 spiro atoms. The topological polar surface area (TPSA) is 78.6 Å². The van der Waals surface area contributed by atoms with Gasteiger partial charge in [0.05, 0.1) is 12.6 Å². The summed E-state index contributed by atoms with van der Waals surface area (Å²) in [7, 11) is 0. The smallest absolute Gasteiger partial charge is 0.406 e. The van der Waals surface area contributed by atoms with Crippen LogP contribution >= 0.6 is 0 Å². The second-order valence-corrected chi connectivity index (χ2v) is 6.66. The highest BCUT2D eigenvalue weighted by atomic mass is 19.4. The molecule has 1 aliphatic rings. The van der Waals surface area contributed by atoms with Gasteiger partial charge in [0, 0.05) is 6.61 Å². The van der Waals surface area contributed by atoms with Gasteiger partial charge in [-0.15, -0.1) is 13.2 Å². The molecule has 1 aliphatic heterocycles. The molecular formula is C18H22F3N3O4. The first-order chi connectivity index (χ1) is 13.3. The largest absolute Gasteiger partial charge is 0.573 e. The third kappa shape index (κ3) is 5.21. The molecule has 2 heterocycles. The Balaban J connectivity index is 1.82. The fraction of sp³-hybridized carbons (Fsp3) is 0.556. The average Bonchev–Trinajstić information content (AvgIpc) is 3.14. The van der Waals surface area contributed by atoms with Crippen molar-refractivity contribution in [3.05, 3.63) is 42.5 Å². The molecule has 1 saturated heterocycles. The molecule has 0 radical (unpaired) electrons. The number of halogens is 3. The van der Waals surface area contributed by atoms with Gasteiger partial charge >= 0.3 is 6.36 Å². The van der Waals surface area contributed by atoms with Crippen LogP contribution in [0.25, 0.3) is 0 Å². The van der Waals surface area contributed by atoms with Crippen LogP contribution < -0.4 is 4.74 Å². The molecule has 3 atom stereocenters. The van der Waals surface area contributed by atoms with E-state index >= 15 is 0 Å². The van der Waals surface area contributed by atoms with E-state index in [2.05, 4.69) is 14.8 Å². The lowest BCUT2D eigenvalue weighted by Gasteiger charge is -2.37. The van der Waals surface area contributed by atoms with Crippen molar-refractivity contribution in [2.75, 3.05) is 6.61 Å². The first-order valence-electron chi connectivity index (χ1n) is 8.94. The number of hydrogen-bond donors (Lipinski definition) is 1. The zero-order valence-corrected chi connectivity index (χ0v) is 15.3. The SMILES string of the molecule is C[C@@H](OC1CCCCO1)[C@](O)(Cn1cncn1)c1ccc(OC(F)(F)F)cc1. The van der Waals surface area contributed by atoms with Crippen LogP contribution in [0.15, 0.2) is 36.9 Å². The van der Waals surface area contributed by atoms with Gasteiger partial charge in [0.1, 0.15) is 24.0 Å². The summed E-state index contributed by atoms with van der Waals surface area (Å²) < 4.78 is 54.0. The number of nitrogens with zero attached hydrogens (tertiary/aromatic N) is 3. The number of benzene rings is 1. The molecule has 1 aromatic heterocycles. The zero-order valence-electron chi connectivity index (χ0n) is 15.3. The summed E-state index contributed by atoms with van der Waals surface area (Å²) in [5.74, 6) is -0.372. The van der Waals surface area contributed by atoms with Crippen molar-refractivity contribution in [1.82, 2.24) is 14.8 Å². The fourth-order valence-corrected chi connectivity index (χ4v) is 3.12. The van der Waals surface area contributed by atoms with Gasteiger partial charge in [-0.25, -0.2) is 9.67 Å². The molecular weight excluding hydrogens is 379 g/mol. The quantitative estimate of drug-likeness (QED) is 0.769. The molecule has 3 rings (SSSR count). The second-order valence-electron chi connectivity index (χ2n) is 6.66. The van der Waals surface area contributed by atoms with E-state index in [1.54, 1.807) is 6.92 Å². The van der Waals surface area contributed by atoms with Crippen molar-refractivity contribution in [3.8, 4) is 5.75 Å². The molecule has 154 valence electrons. The molecule has 1 fully saturated rings. The Morgan fingerprint density at radius 3 is 2.61 bits per heavy atom. The number of rotatable bonds is 7. The maximum Gasteiger partial charge on any atom is 0.573 e. The number of hydrogen-bond acceptors (Lipinski definition) is 6. The molecule has 0 bridgehead atoms. The Bertz CT molecular complexity index is 734. The highest BCUT2D eigenvalue weighted by molar-refractivity contribution is 5.31. The molecule has 2 aromatic rings. The number of alkyl halides is 3. The highest BCUT2D eigenvalue weighted by Crippen LogP contribution is 2.33. The Labute approximate surface area is 160 Å². The van der Waals surface area contributed by atoms with Crippen LogP contribution in [-0.2, 0) is 21.6 Å². The molecule has 1 unspecified atom stereocenters. The Hall–Kier alpha value is -2.17. The first kappa shape index (κ1) is 20.6. The Morgan fingerprint density at radius 1 is 1.29 bits per heavy atom. The van der Waals surface area contributed by atoms with Gasteiger partial charge in [0.15, 0.2) is 6.29 Å².